The number of pyridine rings is 1. The molecule has 0 spiro atoms. The fraction of sp³-hybridized carbons (Fsp3) is 0.367. The largest absolute Gasteiger partial charge is 0.369 e. The van der Waals surface area contributed by atoms with Gasteiger partial charge >= 0.3 is 0 Å². The van der Waals surface area contributed by atoms with Crippen LogP contribution in [0.25, 0.3) is 0 Å². The van der Waals surface area contributed by atoms with Crippen LogP contribution in [0.4, 0.5) is 34.8 Å². The minimum absolute atomic E-state index is 0.0708. The molecule has 1 saturated heterocycles. The maximum absolute atomic E-state index is 13.1. The van der Waals surface area contributed by atoms with Crippen molar-refractivity contribution >= 4 is 46.6 Å². The first-order valence-electron chi connectivity index (χ1n) is 14.1. The third-order valence-corrected chi connectivity index (χ3v) is 7.21. The van der Waals surface area contributed by atoms with Gasteiger partial charge in [-0.2, -0.15) is 4.98 Å². The van der Waals surface area contributed by atoms with Crippen LogP contribution in [0.3, 0.4) is 0 Å². The Labute approximate surface area is 240 Å². The Hall–Kier alpha value is -4.51. The van der Waals surface area contributed by atoms with Gasteiger partial charge in [0, 0.05) is 63.8 Å². The van der Waals surface area contributed by atoms with Gasteiger partial charge in [-0.3, -0.25) is 14.5 Å². The molecule has 0 saturated carbocycles. The SMILES string of the molecule is CC(=O)N1CCCC/C=C\CNC(=O)c2cnc(Nc3ccc(N4CCN(C)CC4)cc3)nc2Nc2cccc1n2. The van der Waals surface area contributed by atoms with Crippen LogP contribution in [-0.2, 0) is 4.79 Å². The molecule has 11 heteroatoms. The number of carbonyl (C=O) groups is 2. The lowest BCUT2D eigenvalue weighted by Gasteiger charge is -2.34. The summed E-state index contributed by atoms with van der Waals surface area (Å²) in [4.78, 5) is 45.6. The van der Waals surface area contributed by atoms with E-state index in [1.165, 1.54) is 11.9 Å². The summed E-state index contributed by atoms with van der Waals surface area (Å²) in [5.74, 6) is 1.30. The molecule has 0 aliphatic carbocycles. The smallest absolute Gasteiger partial charge is 0.256 e. The van der Waals surface area contributed by atoms with Crippen molar-refractivity contribution < 1.29 is 9.59 Å². The molecule has 2 aliphatic rings. The maximum atomic E-state index is 13.1. The second-order valence-electron chi connectivity index (χ2n) is 10.3. The Morgan fingerprint density at radius 3 is 2.54 bits per heavy atom. The van der Waals surface area contributed by atoms with Crippen LogP contribution in [0.5, 0.6) is 0 Å². The predicted octanol–water partition coefficient (Wildman–Crippen LogP) is 3.93. The normalized spacial score (nSPS) is 17.7. The van der Waals surface area contributed by atoms with Crippen LogP contribution in [0.15, 0.2) is 60.8 Å². The number of anilines is 6. The van der Waals surface area contributed by atoms with Gasteiger partial charge in [-0.1, -0.05) is 18.2 Å². The zero-order valence-electron chi connectivity index (χ0n) is 23.6. The molecule has 3 N–H and O–H groups in total. The number of amides is 2. The summed E-state index contributed by atoms with van der Waals surface area (Å²) in [5.41, 5.74) is 2.30. The lowest BCUT2D eigenvalue weighted by atomic mass is 10.2. The van der Waals surface area contributed by atoms with E-state index in [1.807, 2.05) is 36.4 Å². The highest BCUT2D eigenvalue weighted by molar-refractivity contribution is 5.99. The van der Waals surface area contributed by atoms with Crippen molar-refractivity contribution in [2.75, 3.05) is 66.7 Å². The van der Waals surface area contributed by atoms with E-state index in [-0.39, 0.29) is 17.4 Å². The number of hydrogen-bond donors (Lipinski definition) is 3. The van der Waals surface area contributed by atoms with Gasteiger partial charge < -0.3 is 25.8 Å². The Bertz CT molecular complexity index is 1380. The second-order valence-corrected chi connectivity index (χ2v) is 10.3. The van der Waals surface area contributed by atoms with Crippen molar-refractivity contribution in [1.82, 2.24) is 25.2 Å². The van der Waals surface area contributed by atoms with E-state index in [9.17, 15) is 9.59 Å². The number of benzene rings is 1. The average molecular weight is 556 g/mol. The first-order valence-corrected chi connectivity index (χ1v) is 14.1. The number of nitrogens with zero attached hydrogens (tertiary/aromatic N) is 6. The van der Waals surface area contributed by atoms with Gasteiger partial charge in [-0.15, -0.1) is 0 Å². The third kappa shape index (κ3) is 7.37. The van der Waals surface area contributed by atoms with Gasteiger partial charge in [0.25, 0.3) is 5.91 Å². The summed E-state index contributed by atoms with van der Waals surface area (Å²) in [7, 11) is 2.15. The van der Waals surface area contributed by atoms with Crippen molar-refractivity contribution in [3.05, 3.63) is 66.4 Å². The van der Waals surface area contributed by atoms with Crippen molar-refractivity contribution in [2.45, 2.75) is 26.2 Å². The lowest BCUT2D eigenvalue weighted by molar-refractivity contribution is -0.116. The summed E-state index contributed by atoms with van der Waals surface area (Å²) in [6, 6.07) is 13.6. The minimum Gasteiger partial charge on any atom is -0.369 e. The number of likely N-dealkylation sites (N-methyl/N-ethyl adjacent to an activating group) is 1. The van der Waals surface area contributed by atoms with Crippen LogP contribution >= 0.6 is 0 Å². The van der Waals surface area contributed by atoms with E-state index in [0.29, 0.717) is 36.5 Å². The molecule has 1 fully saturated rings. The van der Waals surface area contributed by atoms with Crippen LogP contribution in [0, 0.1) is 0 Å². The molecule has 0 atom stereocenters. The predicted molar refractivity (Wildman–Crippen MR) is 162 cm³/mol. The fourth-order valence-corrected chi connectivity index (χ4v) is 4.83. The zero-order valence-corrected chi connectivity index (χ0v) is 23.6. The standard InChI is InChI=1S/C30H37N9O2/c1-22(40)39-16-7-5-3-4-6-15-31-29(41)25-21-32-30(36-28(25)35-26-9-8-10-27(39)34-26)33-23-11-13-24(14-12-23)38-19-17-37(2)18-20-38/h4,6,8-14,21H,3,5,7,15-20H2,1-2H3,(H,31,41)(H2,32,33,34,35,36)/b6-4-. The molecule has 5 rings (SSSR count). The number of allylic oxidation sites excluding steroid dienone is 1. The third-order valence-electron chi connectivity index (χ3n) is 7.21. The van der Waals surface area contributed by atoms with Gasteiger partial charge in [-0.25, -0.2) is 9.97 Å². The highest BCUT2D eigenvalue weighted by Gasteiger charge is 2.18. The number of nitrogens with one attached hydrogen (secondary N) is 3. The first-order chi connectivity index (χ1) is 20.0. The Morgan fingerprint density at radius 1 is 0.951 bits per heavy atom. The molecule has 41 heavy (non-hydrogen) atoms. The van der Waals surface area contributed by atoms with Crippen LogP contribution < -0.4 is 25.8 Å². The average Bonchev–Trinajstić information content (AvgIpc) is 2.97. The molecule has 4 heterocycles. The molecule has 2 bridgehead atoms. The Balaban J connectivity index is 1.40. The van der Waals surface area contributed by atoms with Crippen molar-refractivity contribution in [3.8, 4) is 0 Å². The first kappa shape index (κ1) is 28.0. The van der Waals surface area contributed by atoms with Gasteiger partial charge in [0.2, 0.25) is 11.9 Å². The quantitative estimate of drug-likeness (QED) is 0.413. The van der Waals surface area contributed by atoms with Crippen LogP contribution in [-0.4, -0.2) is 78.0 Å². The molecular weight excluding hydrogens is 518 g/mol. The summed E-state index contributed by atoms with van der Waals surface area (Å²) in [6.45, 7) is 6.61. The number of aromatic nitrogens is 3. The van der Waals surface area contributed by atoms with E-state index in [1.54, 1.807) is 17.9 Å². The molecule has 2 amide bonds. The van der Waals surface area contributed by atoms with Crippen LogP contribution in [0.1, 0.15) is 36.5 Å². The summed E-state index contributed by atoms with van der Waals surface area (Å²) < 4.78 is 0. The van der Waals surface area contributed by atoms with E-state index in [0.717, 1.165) is 51.1 Å². The van der Waals surface area contributed by atoms with Gasteiger partial charge in [0.05, 0.1) is 0 Å². The van der Waals surface area contributed by atoms with E-state index in [4.69, 9.17) is 0 Å². The second kappa shape index (κ2) is 13.2. The number of fused-ring (bicyclic) bond motifs is 3. The summed E-state index contributed by atoms with van der Waals surface area (Å²) in [5, 5.41) is 9.35. The van der Waals surface area contributed by atoms with Gasteiger partial charge in [0.15, 0.2) is 0 Å². The molecule has 3 aromatic rings. The van der Waals surface area contributed by atoms with Gasteiger partial charge in [0.1, 0.15) is 23.0 Å². The van der Waals surface area contributed by atoms with Crippen molar-refractivity contribution in [2.24, 2.45) is 0 Å². The monoisotopic (exact) mass is 555 g/mol. The fourth-order valence-electron chi connectivity index (χ4n) is 4.83. The van der Waals surface area contributed by atoms with E-state index in [2.05, 4.69) is 59.9 Å². The zero-order chi connectivity index (χ0) is 28.6. The molecule has 1 aromatic carbocycles. The molecular formula is C30H37N9O2. The summed E-state index contributed by atoms with van der Waals surface area (Å²) in [6.07, 6.45) is 8.12. The molecule has 0 unspecified atom stereocenters. The number of carbonyl (C=O) groups excluding carboxylic acids is 2. The highest BCUT2D eigenvalue weighted by atomic mass is 16.2. The lowest BCUT2D eigenvalue weighted by Crippen LogP contribution is -2.44. The van der Waals surface area contributed by atoms with Crippen molar-refractivity contribution in [3.63, 3.8) is 0 Å². The van der Waals surface area contributed by atoms with Crippen molar-refractivity contribution in [1.29, 1.82) is 0 Å². The maximum Gasteiger partial charge on any atom is 0.256 e. The molecule has 0 radical (unpaired) electrons. The minimum atomic E-state index is -0.297. The topological polar surface area (TPSA) is 119 Å². The molecule has 11 nitrogen and oxygen atoms in total. The number of piperazine rings is 1. The highest BCUT2D eigenvalue weighted by Crippen LogP contribution is 2.25. The molecule has 2 aromatic heterocycles. The summed E-state index contributed by atoms with van der Waals surface area (Å²) >= 11 is 0. The van der Waals surface area contributed by atoms with Crippen LogP contribution in [0.2, 0.25) is 0 Å². The molecule has 214 valence electrons. The van der Waals surface area contributed by atoms with Gasteiger partial charge in [-0.05, 0) is 62.7 Å². The Morgan fingerprint density at radius 2 is 1.76 bits per heavy atom. The van der Waals surface area contributed by atoms with E-state index >= 15 is 0 Å². The molecule has 2 aliphatic heterocycles. The number of hydrogen-bond acceptors (Lipinski definition) is 9. The van der Waals surface area contributed by atoms with E-state index < -0.39 is 0 Å². The number of rotatable bonds is 3. The Kier molecular flexibility index (Phi) is 9.05.